The van der Waals surface area contributed by atoms with Crippen molar-refractivity contribution in [1.82, 2.24) is 5.32 Å². The van der Waals surface area contributed by atoms with Gasteiger partial charge in [-0.15, -0.1) is 0 Å². The minimum atomic E-state index is -1.67. The smallest absolute Gasteiger partial charge is 0.256 e. The third-order valence-electron chi connectivity index (χ3n) is 8.54. The summed E-state index contributed by atoms with van der Waals surface area (Å²) in [6.07, 6.45) is -5.98. The van der Waals surface area contributed by atoms with E-state index in [0.717, 1.165) is 0 Å². The van der Waals surface area contributed by atoms with Gasteiger partial charge in [0.2, 0.25) is 5.79 Å². The first-order valence-electron chi connectivity index (χ1n) is 12.5. The monoisotopic (exact) mass is 519 g/mol. The van der Waals surface area contributed by atoms with Crippen molar-refractivity contribution in [3.8, 4) is 0 Å². The van der Waals surface area contributed by atoms with E-state index in [9.17, 15) is 20.1 Å². The molecule has 0 aromatic rings. The van der Waals surface area contributed by atoms with Crippen LogP contribution in [0.5, 0.6) is 0 Å². The largest absolute Gasteiger partial charge is 0.394 e. The summed E-state index contributed by atoms with van der Waals surface area (Å²) in [5, 5.41) is 33.3. The molecule has 1 amide bonds. The Labute approximate surface area is 211 Å². The number of carbonyl (C=O) groups is 1. The fourth-order valence-corrected chi connectivity index (χ4v) is 5.91. The van der Waals surface area contributed by atoms with E-state index in [0.29, 0.717) is 6.61 Å². The SMILES string of the molecule is CO[C@@H]1[C@H]2OCO[C@@H](NC(=O)[C@@H](O)[C@@]3(OC)C[C@@]4(CO4)[C@@H](C)[C@@H](C)O3)[C@H]2O[C@H](C[C@@H](O)CO)C1(C)C. The minimum absolute atomic E-state index is 0.0757. The van der Waals surface area contributed by atoms with Crippen molar-refractivity contribution in [2.24, 2.45) is 11.3 Å². The second-order valence-electron chi connectivity index (χ2n) is 11.0. The first-order valence-corrected chi connectivity index (χ1v) is 12.5. The highest BCUT2D eigenvalue weighted by Crippen LogP contribution is 2.51. The summed E-state index contributed by atoms with van der Waals surface area (Å²) in [5.41, 5.74) is -1.08. The highest BCUT2D eigenvalue weighted by Gasteiger charge is 2.64. The van der Waals surface area contributed by atoms with E-state index in [2.05, 4.69) is 5.32 Å². The molecule has 4 rings (SSSR count). The van der Waals surface area contributed by atoms with E-state index in [1.807, 2.05) is 27.7 Å². The van der Waals surface area contributed by atoms with Gasteiger partial charge >= 0.3 is 0 Å². The molecule has 11 atom stereocenters. The molecule has 0 aromatic carbocycles. The molecule has 4 aliphatic heterocycles. The Kier molecular flexibility index (Phi) is 8.06. The van der Waals surface area contributed by atoms with Gasteiger partial charge in [-0.2, -0.15) is 0 Å². The van der Waals surface area contributed by atoms with Crippen LogP contribution < -0.4 is 5.32 Å². The Bertz CT molecular complexity index is 792. The van der Waals surface area contributed by atoms with Gasteiger partial charge in [0.25, 0.3) is 5.91 Å². The van der Waals surface area contributed by atoms with Gasteiger partial charge in [0.15, 0.2) is 12.3 Å². The van der Waals surface area contributed by atoms with E-state index in [4.69, 9.17) is 33.2 Å². The normalized spacial score (nSPS) is 45.5. The molecule has 12 heteroatoms. The average Bonchev–Trinajstić information content (AvgIpc) is 3.62. The number of methoxy groups -OCH3 is 2. The second kappa shape index (κ2) is 10.3. The summed E-state index contributed by atoms with van der Waals surface area (Å²) in [7, 11) is 2.95. The number of hydrogen-bond acceptors (Lipinski definition) is 11. The summed E-state index contributed by atoms with van der Waals surface area (Å²) < 4.78 is 41.0. The first kappa shape index (κ1) is 28.1. The van der Waals surface area contributed by atoms with Crippen LogP contribution in [0, 0.1) is 11.3 Å². The maximum absolute atomic E-state index is 13.3. The van der Waals surface area contributed by atoms with Gasteiger partial charge < -0.3 is 53.8 Å². The Balaban J connectivity index is 1.51. The van der Waals surface area contributed by atoms with Gasteiger partial charge in [0.05, 0.1) is 37.6 Å². The topological polar surface area (TPSA) is 158 Å². The number of rotatable bonds is 8. The molecule has 12 nitrogen and oxygen atoms in total. The molecule has 4 aliphatic rings. The number of hydrogen-bond donors (Lipinski definition) is 4. The lowest BCUT2D eigenvalue weighted by Crippen LogP contribution is -2.69. The highest BCUT2D eigenvalue weighted by atomic mass is 16.7. The molecule has 0 saturated carbocycles. The zero-order chi connectivity index (χ0) is 26.5. The van der Waals surface area contributed by atoms with Crippen LogP contribution >= 0.6 is 0 Å². The number of aliphatic hydroxyl groups excluding tert-OH is 3. The Morgan fingerprint density at radius 3 is 2.44 bits per heavy atom. The lowest BCUT2D eigenvalue weighted by Gasteiger charge is -2.54. The molecule has 208 valence electrons. The van der Waals surface area contributed by atoms with Crippen molar-refractivity contribution >= 4 is 5.91 Å². The van der Waals surface area contributed by atoms with Gasteiger partial charge in [-0.05, 0) is 6.92 Å². The zero-order valence-electron chi connectivity index (χ0n) is 21.8. The van der Waals surface area contributed by atoms with E-state index >= 15 is 0 Å². The van der Waals surface area contributed by atoms with Crippen molar-refractivity contribution in [3.05, 3.63) is 0 Å². The molecular formula is C24H41NO11. The standard InChI is InChI=1S/C24H41NO11/c1-12-13(2)36-24(31-6,9-23(12)10-34-23)18(28)20(29)25-21-17-16(32-11-33-21)19(30-5)22(3,4)15(35-17)7-14(27)8-26/h12-19,21,26-28H,7-11H2,1-6H3,(H,25,29)/t12-,13+,14+,15+,16-,17-,18+,19+,21+,23+,24+/m0/s1. The van der Waals surface area contributed by atoms with E-state index in [1.165, 1.54) is 7.11 Å². The third kappa shape index (κ3) is 4.81. The average molecular weight is 520 g/mol. The lowest BCUT2D eigenvalue weighted by molar-refractivity contribution is -0.334. The van der Waals surface area contributed by atoms with Gasteiger partial charge in [0.1, 0.15) is 24.6 Å². The zero-order valence-corrected chi connectivity index (χ0v) is 21.8. The predicted molar refractivity (Wildman–Crippen MR) is 122 cm³/mol. The van der Waals surface area contributed by atoms with Crippen LogP contribution in [0.1, 0.15) is 40.5 Å². The summed E-state index contributed by atoms with van der Waals surface area (Å²) in [5.74, 6) is -2.27. The number of carbonyl (C=O) groups excluding carboxylic acids is 1. The maximum Gasteiger partial charge on any atom is 0.256 e. The van der Waals surface area contributed by atoms with Gasteiger partial charge in [-0.3, -0.25) is 4.79 Å². The Morgan fingerprint density at radius 2 is 1.86 bits per heavy atom. The van der Waals surface area contributed by atoms with E-state index in [-0.39, 0.29) is 31.7 Å². The predicted octanol–water partition coefficient (Wildman–Crippen LogP) is -0.729. The molecule has 0 aliphatic carbocycles. The number of aliphatic hydroxyl groups is 3. The molecule has 4 N–H and O–H groups in total. The Hall–Kier alpha value is -0.930. The number of amides is 1. The van der Waals surface area contributed by atoms with Crippen LogP contribution in [0.3, 0.4) is 0 Å². The van der Waals surface area contributed by atoms with Gasteiger partial charge in [0, 0.05) is 38.4 Å². The van der Waals surface area contributed by atoms with Crippen molar-refractivity contribution in [2.45, 2.75) is 101 Å². The minimum Gasteiger partial charge on any atom is -0.394 e. The molecule has 0 radical (unpaired) electrons. The molecule has 0 aromatic heterocycles. The highest BCUT2D eigenvalue weighted by molar-refractivity contribution is 5.82. The van der Waals surface area contributed by atoms with Crippen LogP contribution in [-0.4, -0.2) is 116 Å². The summed E-state index contributed by atoms with van der Waals surface area (Å²) in [6, 6.07) is 0. The fourth-order valence-electron chi connectivity index (χ4n) is 5.91. The maximum atomic E-state index is 13.3. The van der Waals surface area contributed by atoms with Gasteiger partial charge in [-0.1, -0.05) is 20.8 Å². The summed E-state index contributed by atoms with van der Waals surface area (Å²) >= 11 is 0. The van der Waals surface area contributed by atoms with Crippen molar-refractivity contribution in [2.75, 3.05) is 34.2 Å². The van der Waals surface area contributed by atoms with Crippen LogP contribution in [-0.2, 0) is 38.0 Å². The van der Waals surface area contributed by atoms with Crippen LogP contribution in [0.2, 0.25) is 0 Å². The first-order chi connectivity index (χ1) is 16.9. The van der Waals surface area contributed by atoms with E-state index < -0.39 is 72.2 Å². The molecule has 4 fully saturated rings. The van der Waals surface area contributed by atoms with Crippen LogP contribution in [0.25, 0.3) is 0 Å². The van der Waals surface area contributed by atoms with Crippen molar-refractivity contribution < 1.29 is 53.3 Å². The Morgan fingerprint density at radius 1 is 1.17 bits per heavy atom. The molecule has 0 bridgehead atoms. The lowest BCUT2D eigenvalue weighted by atomic mass is 9.72. The number of ether oxygens (including phenoxy) is 7. The summed E-state index contributed by atoms with van der Waals surface area (Å²) in [6.45, 7) is 7.72. The van der Waals surface area contributed by atoms with Crippen LogP contribution in [0.15, 0.2) is 0 Å². The number of fused-ring (bicyclic) bond motifs is 1. The molecule has 4 heterocycles. The van der Waals surface area contributed by atoms with E-state index in [1.54, 1.807) is 7.11 Å². The molecular weight excluding hydrogens is 478 g/mol. The fraction of sp³-hybridized carbons (Fsp3) is 0.958. The molecule has 4 saturated heterocycles. The number of nitrogens with one attached hydrogen (secondary N) is 1. The van der Waals surface area contributed by atoms with Crippen LogP contribution in [0.4, 0.5) is 0 Å². The van der Waals surface area contributed by atoms with Crippen molar-refractivity contribution in [3.63, 3.8) is 0 Å². The summed E-state index contributed by atoms with van der Waals surface area (Å²) in [4.78, 5) is 13.3. The number of epoxide rings is 1. The third-order valence-corrected chi connectivity index (χ3v) is 8.54. The quantitative estimate of drug-likeness (QED) is 0.300. The second-order valence-corrected chi connectivity index (χ2v) is 11.0. The molecule has 1 spiro atoms. The van der Waals surface area contributed by atoms with Crippen molar-refractivity contribution in [1.29, 1.82) is 0 Å². The molecule has 36 heavy (non-hydrogen) atoms. The molecule has 0 unspecified atom stereocenters. The van der Waals surface area contributed by atoms with Gasteiger partial charge in [-0.25, -0.2) is 0 Å².